The van der Waals surface area contributed by atoms with Crippen LogP contribution in [0.4, 0.5) is 0 Å². The number of nitrogens with zero attached hydrogens (tertiary/aromatic N) is 3. The molecule has 0 aliphatic rings. The highest BCUT2D eigenvalue weighted by atomic mass is 16.5. The van der Waals surface area contributed by atoms with Crippen molar-refractivity contribution >= 4 is 11.8 Å². The lowest BCUT2D eigenvalue weighted by Gasteiger charge is -2.05. The van der Waals surface area contributed by atoms with E-state index in [4.69, 9.17) is 4.74 Å². The summed E-state index contributed by atoms with van der Waals surface area (Å²) in [6.07, 6.45) is 0. The number of carbonyl (C=O) groups is 2. The van der Waals surface area contributed by atoms with Crippen molar-refractivity contribution in [1.29, 1.82) is 0 Å². The second-order valence-corrected chi connectivity index (χ2v) is 6.08. The van der Waals surface area contributed by atoms with Crippen LogP contribution in [0.25, 0.3) is 5.69 Å². The van der Waals surface area contributed by atoms with Crippen molar-refractivity contribution < 1.29 is 14.3 Å². The minimum absolute atomic E-state index is 0.103. The molecular weight excluding hydrogens is 330 g/mol. The molecule has 0 aliphatic carbocycles. The third-order valence-corrected chi connectivity index (χ3v) is 3.97. The summed E-state index contributed by atoms with van der Waals surface area (Å²) in [5.74, 6) is -0.929. The summed E-state index contributed by atoms with van der Waals surface area (Å²) in [7, 11) is 0. The Balaban J connectivity index is 1.74. The Morgan fingerprint density at radius 2 is 1.73 bits per heavy atom. The van der Waals surface area contributed by atoms with Gasteiger partial charge in [-0.2, -0.15) is 9.90 Å². The SMILES string of the molecule is Cc1ccc(-n2nc(C)c(C(=O)OCC(=O)c3ccccc3)n2)c(C)c1. The largest absolute Gasteiger partial charge is 0.452 e. The Morgan fingerprint density at radius 3 is 2.42 bits per heavy atom. The number of Topliss-reactive ketones (excluding diaryl/α,β-unsaturated/α-hetero) is 1. The van der Waals surface area contributed by atoms with Gasteiger partial charge in [-0.25, -0.2) is 4.79 Å². The van der Waals surface area contributed by atoms with Crippen LogP contribution in [0, 0.1) is 20.8 Å². The summed E-state index contributed by atoms with van der Waals surface area (Å²) >= 11 is 0. The molecule has 26 heavy (non-hydrogen) atoms. The van der Waals surface area contributed by atoms with Crippen molar-refractivity contribution in [3.8, 4) is 5.69 Å². The molecule has 3 rings (SSSR count). The summed E-state index contributed by atoms with van der Waals surface area (Å²) in [5, 5.41) is 8.54. The van der Waals surface area contributed by atoms with Crippen LogP contribution < -0.4 is 0 Å². The molecule has 1 aromatic heterocycles. The number of ether oxygens (including phenoxy) is 1. The van der Waals surface area contributed by atoms with Crippen LogP contribution >= 0.6 is 0 Å². The Morgan fingerprint density at radius 1 is 1.00 bits per heavy atom. The molecule has 0 radical (unpaired) electrons. The third-order valence-electron chi connectivity index (χ3n) is 3.97. The number of aromatic nitrogens is 3. The highest BCUT2D eigenvalue weighted by Crippen LogP contribution is 2.15. The van der Waals surface area contributed by atoms with Crippen molar-refractivity contribution in [2.45, 2.75) is 20.8 Å². The highest BCUT2D eigenvalue weighted by Gasteiger charge is 2.20. The van der Waals surface area contributed by atoms with E-state index in [1.54, 1.807) is 31.2 Å². The van der Waals surface area contributed by atoms with Crippen molar-refractivity contribution in [1.82, 2.24) is 15.0 Å². The van der Waals surface area contributed by atoms with E-state index in [0.29, 0.717) is 11.3 Å². The van der Waals surface area contributed by atoms with Crippen LogP contribution in [0.15, 0.2) is 48.5 Å². The van der Waals surface area contributed by atoms with Gasteiger partial charge in [0.1, 0.15) is 0 Å². The topological polar surface area (TPSA) is 74.1 Å². The monoisotopic (exact) mass is 349 g/mol. The molecule has 0 spiro atoms. The predicted molar refractivity (Wildman–Crippen MR) is 96.6 cm³/mol. The van der Waals surface area contributed by atoms with Crippen molar-refractivity contribution in [2.24, 2.45) is 0 Å². The average Bonchev–Trinajstić information content (AvgIpc) is 3.01. The molecule has 0 saturated heterocycles. The Hall–Kier alpha value is -3.28. The number of benzene rings is 2. The maximum Gasteiger partial charge on any atom is 0.361 e. The molecule has 0 aliphatic heterocycles. The zero-order valence-electron chi connectivity index (χ0n) is 14.9. The molecule has 0 bridgehead atoms. The summed E-state index contributed by atoms with van der Waals surface area (Å²) < 4.78 is 5.12. The van der Waals surface area contributed by atoms with E-state index in [9.17, 15) is 9.59 Å². The molecule has 2 aromatic carbocycles. The molecular formula is C20H19N3O3. The molecule has 0 saturated carbocycles. The van der Waals surface area contributed by atoms with Gasteiger partial charge in [0.05, 0.1) is 11.4 Å². The maximum absolute atomic E-state index is 12.3. The number of aryl methyl sites for hydroxylation is 3. The van der Waals surface area contributed by atoms with E-state index in [1.807, 2.05) is 38.1 Å². The van der Waals surface area contributed by atoms with Crippen LogP contribution in [-0.2, 0) is 4.74 Å². The fraction of sp³-hybridized carbons (Fsp3) is 0.200. The van der Waals surface area contributed by atoms with Crippen LogP contribution in [0.1, 0.15) is 37.7 Å². The molecule has 3 aromatic rings. The lowest BCUT2D eigenvalue weighted by atomic mass is 10.1. The Bertz CT molecular complexity index is 962. The molecule has 0 atom stereocenters. The zero-order chi connectivity index (χ0) is 18.7. The lowest BCUT2D eigenvalue weighted by molar-refractivity contribution is 0.0467. The van der Waals surface area contributed by atoms with E-state index < -0.39 is 5.97 Å². The fourth-order valence-electron chi connectivity index (χ4n) is 2.61. The standard InChI is InChI=1S/C20H19N3O3/c1-13-9-10-17(14(2)11-13)23-21-15(3)19(22-23)20(25)26-12-18(24)16-7-5-4-6-8-16/h4-11H,12H2,1-3H3. The molecule has 6 nitrogen and oxygen atoms in total. The first-order valence-electron chi connectivity index (χ1n) is 8.22. The van der Waals surface area contributed by atoms with Gasteiger partial charge in [-0.15, -0.1) is 5.10 Å². The average molecular weight is 349 g/mol. The molecule has 6 heteroatoms. The summed E-state index contributed by atoms with van der Waals surface area (Å²) in [5.41, 5.74) is 3.97. The van der Waals surface area contributed by atoms with Crippen molar-refractivity contribution in [2.75, 3.05) is 6.61 Å². The predicted octanol–water partition coefficient (Wildman–Crippen LogP) is 3.23. The number of carbonyl (C=O) groups excluding carboxylic acids is 2. The van der Waals surface area contributed by atoms with E-state index in [1.165, 1.54) is 4.80 Å². The fourth-order valence-corrected chi connectivity index (χ4v) is 2.61. The van der Waals surface area contributed by atoms with Gasteiger partial charge >= 0.3 is 5.97 Å². The van der Waals surface area contributed by atoms with Gasteiger partial charge in [-0.1, -0.05) is 48.0 Å². The van der Waals surface area contributed by atoms with E-state index >= 15 is 0 Å². The number of hydrogen-bond acceptors (Lipinski definition) is 5. The number of rotatable bonds is 5. The molecule has 0 N–H and O–H groups in total. The zero-order valence-corrected chi connectivity index (χ0v) is 14.9. The minimum atomic E-state index is -0.664. The van der Waals surface area contributed by atoms with Gasteiger partial charge in [0.2, 0.25) is 0 Å². The summed E-state index contributed by atoms with van der Waals surface area (Å²) in [4.78, 5) is 25.8. The molecule has 0 unspecified atom stereocenters. The molecule has 0 fully saturated rings. The summed E-state index contributed by atoms with van der Waals surface area (Å²) in [6.45, 7) is 5.31. The maximum atomic E-state index is 12.3. The highest BCUT2D eigenvalue weighted by molar-refractivity contribution is 5.99. The normalized spacial score (nSPS) is 10.6. The summed E-state index contributed by atoms with van der Waals surface area (Å²) in [6, 6.07) is 14.6. The first-order valence-corrected chi connectivity index (χ1v) is 8.22. The third kappa shape index (κ3) is 3.69. The van der Waals surface area contributed by atoms with Crippen LogP contribution in [0.3, 0.4) is 0 Å². The Labute approximate surface area is 151 Å². The Kier molecular flexibility index (Phi) is 4.93. The quantitative estimate of drug-likeness (QED) is 0.522. The van der Waals surface area contributed by atoms with Crippen LogP contribution in [-0.4, -0.2) is 33.4 Å². The number of ketones is 1. The van der Waals surface area contributed by atoms with E-state index in [2.05, 4.69) is 10.2 Å². The van der Waals surface area contributed by atoms with E-state index in [0.717, 1.165) is 16.8 Å². The molecule has 0 amide bonds. The van der Waals surface area contributed by atoms with Crippen molar-refractivity contribution in [3.63, 3.8) is 0 Å². The second kappa shape index (κ2) is 7.31. The molecule has 132 valence electrons. The molecule has 1 heterocycles. The van der Waals surface area contributed by atoms with Crippen LogP contribution in [0.2, 0.25) is 0 Å². The van der Waals surface area contributed by atoms with E-state index in [-0.39, 0.29) is 18.1 Å². The first kappa shape index (κ1) is 17.5. The smallest absolute Gasteiger partial charge is 0.361 e. The van der Waals surface area contributed by atoms with Crippen molar-refractivity contribution in [3.05, 3.63) is 76.6 Å². The second-order valence-electron chi connectivity index (χ2n) is 6.08. The number of hydrogen-bond donors (Lipinski definition) is 0. The van der Waals surface area contributed by atoms with Crippen LogP contribution in [0.5, 0.6) is 0 Å². The van der Waals surface area contributed by atoms with Gasteiger partial charge in [-0.3, -0.25) is 4.79 Å². The lowest BCUT2D eigenvalue weighted by Crippen LogP contribution is -2.15. The number of esters is 1. The van der Waals surface area contributed by atoms with Gasteiger partial charge in [0.25, 0.3) is 0 Å². The first-order chi connectivity index (χ1) is 12.5. The van der Waals surface area contributed by atoms with Gasteiger partial charge in [0.15, 0.2) is 18.1 Å². The minimum Gasteiger partial charge on any atom is -0.452 e. The van der Waals surface area contributed by atoms with Gasteiger partial charge in [0, 0.05) is 5.56 Å². The van der Waals surface area contributed by atoms with Gasteiger partial charge < -0.3 is 4.74 Å². The van der Waals surface area contributed by atoms with Gasteiger partial charge in [-0.05, 0) is 32.4 Å².